The van der Waals surface area contributed by atoms with E-state index in [4.69, 9.17) is 74.3 Å². The minimum atomic E-state index is -1.92. The standard InChI is InChI=1S/C18H13Cl6N3O/c1-9(2)28-13-8-7-12(10-5-3-4-6-11(10)13)14-25-15(17(19,20)21)27-16(26-14)18(22,23)24/h3-9H,1-2H3. The van der Waals surface area contributed by atoms with Gasteiger partial charge in [-0.2, -0.15) is 0 Å². The highest BCUT2D eigenvalue weighted by molar-refractivity contribution is 6.67. The van der Waals surface area contributed by atoms with Crippen molar-refractivity contribution in [3.8, 4) is 17.1 Å². The maximum absolute atomic E-state index is 5.97. The summed E-state index contributed by atoms with van der Waals surface area (Å²) < 4.78 is 2.06. The zero-order valence-corrected chi connectivity index (χ0v) is 19.1. The van der Waals surface area contributed by atoms with Gasteiger partial charge in [-0.05, 0) is 31.4 Å². The number of alkyl halides is 6. The largest absolute Gasteiger partial charge is 0.490 e. The maximum Gasteiger partial charge on any atom is 0.250 e. The lowest BCUT2D eigenvalue weighted by atomic mass is 10.0. The summed E-state index contributed by atoms with van der Waals surface area (Å²) >= 11 is 35.8. The minimum Gasteiger partial charge on any atom is -0.490 e. The Morgan fingerprint density at radius 1 is 0.750 bits per heavy atom. The Balaban J connectivity index is 2.28. The predicted molar refractivity (Wildman–Crippen MR) is 117 cm³/mol. The second-order valence-electron chi connectivity index (χ2n) is 6.13. The van der Waals surface area contributed by atoms with Crippen LogP contribution >= 0.6 is 69.6 Å². The van der Waals surface area contributed by atoms with Gasteiger partial charge in [-0.25, -0.2) is 15.0 Å². The van der Waals surface area contributed by atoms with Crippen LogP contribution in [0.2, 0.25) is 0 Å². The highest BCUT2D eigenvalue weighted by Crippen LogP contribution is 2.42. The first-order valence-corrected chi connectivity index (χ1v) is 10.3. The first-order chi connectivity index (χ1) is 13.0. The van der Waals surface area contributed by atoms with Gasteiger partial charge < -0.3 is 4.74 Å². The van der Waals surface area contributed by atoms with Crippen molar-refractivity contribution in [1.29, 1.82) is 0 Å². The van der Waals surface area contributed by atoms with Crippen LogP contribution in [0.4, 0.5) is 0 Å². The van der Waals surface area contributed by atoms with E-state index in [0.29, 0.717) is 5.56 Å². The van der Waals surface area contributed by atoms with E-state index in [1.54, 1.807) is 6.07 Å². The van der Waals surface area contributed by atoms with Crippen molar-refractivity contribution in [2.24, 2.45) is 0 Å². The molecule has 10 heteroatoms. The Morgan fingerprint density at radius 2 is 1.29 bits per heavy atom. The summed E-state index contributed by atoms with van der Waals surface area (Å²) in [5, 5.41) is 1.71. The molecule has 2 aromatic carbocycles. The Kier molecular flexibility index (Phi) is 6.41. The van der Waals surface area contributed by atoms with Crippen LogP contribution in [0.1, 0.15) is 25.5 Å². The number of ether oxygens (including phenoxy) is 1. The molecule has 148 valence electrons. The van der Waals surface area contributed by atoms with Crippen molar-refractivity contribution in [3.05, 3.63) is 48.0 Å². The molecular formula is C18H13Cl6N3O. The highest BCUT2D eigenvalue weighted by Gasteiger charge is 2.34. The smallest absolute Gasteiger partial charge is 0.250 e. The molecule has 0 unspecified atom stereocenters. The van der Waals surface area contributed by atoms with E-state index in [0.717, 1.165) is 16.5 Å². The number of hydrogen-bond donors (Lipinski definition) is 0. The summed E-state index contributed by atoms with van der Waals surface area (Å²) in [5.74, 6) is 0.655. The number of benzene rings is 2. The Morgan fingerprint density at radius 3 is 1.79 bits per heavy atom. The summed E-state index contributed by atoms with van der Waals surface area (Å²) in [5.41, 5.74) is 0.653. The molecular weight excluding hydrogens is 487 g/mol. The van der Waals surface area contributed by atoms with Crippen LogP contribution in [0.25, 0.3) is 22.2 Å². The fourth-order valence-electron chi connectivity index (χ4n) is 2.57. The number of halogens is 6. The number of hydrogen-bond acceptors (Lipinski definition) is 4. The van der Waals surface area contributed by atoms with Crippen molar-refractivity contribution in [1.82, 2.24) is 15.0 Å². The molecule has 3 rings (SSSR count). The lowest BCUT2D eigenvalue weighted by Gasteiger charge is -2.17. The van der Waals surface area contributed by atoms with Crippen molar-refractivity contribution in [2.75, 3.05) is 0 Å². The normalized spacial score (nSPS) is 12.6. The molecule has 0 N–H and O–H groups in total. The van der Waals surface area contributed by atoms with Crippen molar-refractivity contribution < 1.29 is 4.74 Å². The molecule has 0 bridgehead atoms. The monoisotopic (exact) mass is 497 g/mol. The SMILES string of the molecule is CC(C)Oc1ccc(-c2nc(C(Cl)(Cl)Cl)nc(C(Cl)(Cl)Cl)n2)c2ccccc12. The lowest BCUT2D eigenvalue weighted by Crippen LogP contribution is -2.16. The van der Waals surface area contributed by atoms with Crippen molar-refractivity contribution in [3.63, 3.8) is 0 Å². The number of fused-ring (bicyclic) bond motifs is 1. The number of aromatic nitrogens is 3. The van der Waals surface area contributed by atoms with Gasteiger partial charge in [0.25, 0.3) is 0 Å². The first-order valence-electron chi connectivity index (χ1n) is 8.06. The second kappa shape index (κ2) is 8.17. The average Bonchev–Trinajstić information content (AvgIpc) is 2.60. The van der Waals surface area contributed by atoms with Crippen LogP contribution in [0.5, 0.6) is 5.75 Å². The summed E-state index contributed by atoms with van der Waals surface area (Å²) in [6, 6.07) is 11.3. The zero-order chi connectivity index (χ0) is 20.7. The molecule has 4 nitrogen and oxygen atoms in total. The Hall–Kier alpha value is -0.750. The van der Waals surface area contributed by atoms with Gasteiger partial charge in [0, 0.05) is 10.9 Å². The molecule has 0 saturated heterocycles. The molecule has 0 amide bonds. The summed E-state index contributed by atoms with van der Waals surface area (Å²) in [6.45, 7) is 3.91. The molecule has 0 fully saturated rings. The van der Waals surface area contributed by atoms with E-state index in [1.165, 1.54) is 0 Å². The van der Waals surface area contributed by atoms with Gasteiger partial charge in [-0.1, -0.05) is 93.9 Å². The molecule has 0 spiro atoms. The molecule has 28 heavy (non-hydrogen) atoms. The molecule has 1 heterocycles. The van der Waals surface area contributed by atoms with Crippen LogP contribution < -0.4 is 4.74 Å². The van der Waals surface area contributed by atoms with Crippen LogP contribution in [-0.4, -0.2) is 21.1 Å². The van der Waals surface area contributed by atoms with Gasteiger partial charge >= 0.3 is 0 Å². The maximum atomic E-state index is 5.97. The Bertz CT molecular complexity index is 982. The van der Waals surface area contributed by atoms with Gasteiger partial charge in [0.1, 0.15) is 5.75 Å². The number of rotatable bonds is 3. The van der Waals surface area contributed by atoms with Crippen LogP contribution in [-0.2, 0) is 7.59 Å². The van der Waals surface area contributed by atoms with Crippen molar-refractivity contribution in [2.45, 2.75) is 27.5 Å². The van der Waals surface area contributed by atoms with E-state index in [1.807, 2.05) is 44.2 Å². The first kappa shape index (κ1) is 21.9. The van der Waals surface area contributed by atoms with Gasteiger partial charge in [0.15, 0.2) is 17.5 Å². The molecule has 3 aromatic rings. The van der Waals surface area contributed by atoms with E-state index >= 15 is 0 Å². The molecule has 0 aliphatic heterocycles. The van der Waals surface area contributed by atoms with Gasteiger partial charge in [-0.15, -0.1) is 0 Å². The van der Waals surface area contributed by atoms with E-state index in [2.05, 4.69) is 15.0 Å². The third-order valence-corrected chi connectivity index (χ3v) is 4.64. The average molecular weight is 500 g/mol. The van der Waals surface area contributed by atoms with Crippen LogP contribution in [0, 0.1) is 0 Å². The van der Waals surface area contributed by atoms with Gasteiger partial charge in [0.2, 0.25) is 7.59 Å². The van der Waals surface area contributed by atoms with Crippen LogP contribution in [0.15, 0.2) is 36.4 Å². The summed E-state index contributed by atoms with van der Waals surface area (Å²) in [4.78, 5) is 12.6. The third-order valence-electron chi connectivity index (χ3n) is 3.63. The second-order valence-corrected chi connectivity index (χ2v) is 10.7. The predicted octanol–water partition coefficient (Wildman–Crippen LogP) is 7.13. The fraction of sp³-hybridized carbons (Fsp3) is 0.278. The summed E-state index contributed by atoms with van der Waals surface area (Å²) in [7, 11) is 0. The fourth-order valence-corrected chi connectivity index (χ4v) is 3.08. The quantitative estimate of drug-likeness (QED) is 0.359. The molecule has 0 saturated carbocycles. The zero-order valence-electron chi connectivity index (χ0n) is 14.6. The highest BCUT2D eigenvalue weighted by atomic mass is 35.6. The van der Waals surface area contributed by atoms with Gasteiger partial charge in [0.05, 0.1) is 6.10 Å². The van der Waals surface area contributed by atoms with E-state index in [-0.39, 0.29) is 23.6 Å². The van der Waals surface area contributed by atoms with Crippen LogP contribution in [0.3, 0.4) is 0 Å². The molecule has 0 aliphatic rings. The topological polar surface area (TPSA) is 47.9 Å². The van der Waals surface area contributed by atoms with Gasteiger partial charge in [-0.3, -0.25) is 0 Å². The third kappa shape index (κ3) is 4.86. The molecule has 0 aliphatic carbocycles. The molecule has 1 aromatic heterocycles. The van der Waals surface area contributed by atoms with Crippen molar-refractivity contribution >= 4 is 80.4 Å². The lowest BCUT2D eigenvalue weighted by molar-refractivity contribution is 0.245. The molecule has 0 radical (unpaired) electrons. The molecule has 0 atom stereocenters. The van der Waals surface area contributed by atoms with E-state index < -0.39 is 7.59 Å². The Labute approximate surface area is 192 Å². The minimum absolute atomic E-state index is 0.0124. The summed E-state index contributed by atoms with van der Waals surface area (Å²) in [6.07, 6.45) is 0.0124. The number of nitrogens with zero attached hydrogens (tertiary/aromatic N) is 3. The van der Waals surface area contributed by atoms with E-state index in [9.17, 15) is 0 Å².